The Labute approximate surface area is 206 Å². The number of rotatable bonds is 9. The summed E-state index contributed by atoms with van der Waals surface area (Å²) in [4.78, 5) is 16.4. The van der Waals surface area contributed by atoms with Crippen LogP contribution in [0.3, 0.4) is 0 Å². The average molecular weight is 554 g/mol. The van der Waals surface area contributed by atoms with Gasteiger partial charge in [0.05, 0.1) is 19.2 Å². The van der Waals surface area contributed by atoms with Gasteiger partial charge in [-0.05, 0) is 68.0 Å². The number of amides is 1. The van der Waals surface area contributed by atoms with Crippen molar-refractivity contribution in [3.63, 3.8) is 0 Å². The van der Waals surface area contributed by atoms with Crippen LogP contribution < -0.4 is 20.7 Å². The van der Waals surface area contributed by atoms with Crippen LogP contribution in [0.25, 0.3) is 0 Å². The molecule has 8 heteroatoms. The molecular formula is C24H32FIN4O2. The van der Waals surface area contributed by atoms with E-state index in [0.717, 1.165) is 11.1 Å². The van der Waals surface area contributed by atoms with Crippen molar-refractivity contribution < 1.29 is 13.9 Å². The Hall–Kier alpha value is -2.36. The highest BCUT2D eigenvalue weighted by molar-refractivity contribution is 14.0. The molecule has 0 spiro atoms. The number of benzene rings is 2. The summed E-state index contributed by atoms with van der Waals surface area (Å²) in [6, 6.07) is 12.3. The number of carbonyl (C=O) groups excluding carboxylic acids is 1. The molecule has 0 radical (unpaired) electrons. The molecule has 1 aliphatic rings. The number of carbonyl (C=O) groups is 1. The predicted molar refractivity (Wildman–Crippen MR) is 136 cm³/mol. The molecule has 1 aliphatic carbocycles. The van der Waals surface area contributed by atoms with Crippen molar-refractivity contribution in [2.75, 3.05) is 20.2 Å². The van der Waals surface area contributed by atoms with Crippen molar-refractivity contribution in [3.8, 4) is 5.75 Å². The summed E-state index contributed by atoms with van der Waals surface area (Å²) in [5, 5.41) is 9.14. The Morgan fingerprint density at radius 1 is 1.25 bits per heavy atom. The van der Waals surface area contributed by atoms with Gasteiger partial charge in [0, 0.05) is 19.2 Å². The first-order valence-corrected chi connectivity index (χ1v) is 10.8. The zero-order valence-corrected chi connectivity index (χ0v) is 21.1. The molecule has 2 aromatic carbocycles. The minimum absolute atomic E-state index is 0. The maximum absolute atomic E-state index is 14.4. The fraction of sp³-hybridized carbons (Fsp3) is 0.417. The Morgan fingerprint density at radius 2 is 2.03 bits per heavy atom. The summed E-state index contributed by atoms with van der Waals surface area (Å²) in [5.41, 5.74) is 2.33. The van der Waals surface area contributed by atoms with Crippen LogP contribution in [0.15, 0.2) is 47.5 Å². The molecule has 0 aromatic heterocycles. The van der Waals surface area contributed by atoms with Gasteiger partial charge in [-0.2, -0.15) is 0 Å². The quantitative estimate of drug-likeness (QED) is 0.244. The van der Waals surface area contributed by atoms with Gasteiger partial charge < -0.3 is 20.7 Å². The number of ether oxygens (including phenoxy) is 1. The Kier molecular flexibility index (Phi) is 10.2. The summed E-state index contributed by atoms with van der Waals surface area (Å²) in [6.45, 7) is 5.63. The van der Waals surface area contributed by atoms with E-state index in [1.54, 1.807) is 19.2 Å². The molecule has 1 amide bonds. The van der Waals surface area contributed by atoms with Gasteiger partial charge >= 0.3 is 0 Å². The maximum atomic E-state index is 14.4. The normalized spacial score (nSPS) is 14.2. The van der Waals surface area contributed by atoms with E-state index < -0.39 is 0 Å². The molecular weight excluding hydrogens is 522 g/mol. The van der Waals surface area contributed by atoms with Crippen molar-refractivity contribution >= 4 is 35.8 Å². The van der Waals surface area contributed by atoms with Gasteiger partial charge in [0.15, 0.2) is 17.5 Å². The zero-order chi connectivity index (χ0) is 22.2. The molecule has 1 unspecified atom stereocenters. The van der Waals surface area contributed by atoms with Gasteiger partial charge in [0.25, 0.3) is 5.91 Å². The second-order valence-electron chi connectivity index (χ2n) is 7.78. The summed E-state index contributed by atoms with van der Waals surface area (Å²) in [6.07, 6.45) is 2.34. The number of hydrogen-bond acceptors (Lipinski definition) is 3. The van der Waals surface area contributed by atoms with Crippen molar-refractivity contribution in [2.45, 2.75) is 39.3 Å². The average Bonchev–Trinajstić information content (AvgIpc) is 3.61. The molecule has 0 saturated heterocycles. The standard InChI is InChI=1S/C24H31FN4O2.HI/c1-4-27-24(28-14-18-6-5-7-20(12-18)23(30)26-3)29-16(2)19-10-11-22(21(25)13-19)31-15-17-8-9-17;/h5-7,10-13,16-17H,4,8-9,14-15H2,1-3H3,(H,26,30)(H2,27,28,29);1H. The highest BCUT2D eigenvalue weighted by atomic mass is 127. The number of halogens is 2. The van der Waals surface area contributed by atoms with E-state index in [1.165, 1.54) is 18.9 Å². The second-order valence-corrected chi connectivity index (χ2v) is 7.78. The van der Waals surface area contributed by atoms with Gasteiger partial charge in [-0.25, -0.2) is 9.38 Å². The molecule has 3 rings (SSSR count). The summed E-state index contributed by atoms with van der Waals surface area (Å²) in [7, 11) is 1.61. The minimum atomic E-state index is -0.347. The largest absolute Gasteiger partial charge is 0.490 e. The summed E-state index contributed by atoms with van der Waals surface area (Å²) in [5.74, 6) is 1.03. The van der Waals surface area contributed by atoms with Crippen LogP contribution in [0.2, 0.25) is 0 Å². The monoisotopic (exact) mass is 554 g/mol. The van der Waals surface area contributed by atoms with Crippen LogP contribution in [-0.2, 0) is 6.54 Å². The zero-order valence-electron chi connectivity index (χ0n) is 18.8. The molecule has 1 atom stereocenters. The first kappa shape index (κ1) is 25.9. The lowest BCUT2D eigenvalue weighted by Crippen LogP contribution is -2.38. The highest BCUT2D eigenvalue weighted by Crippen LogP contribution is 2.30. The molecule has 1 fully saturated rings. The first-order valence-electron chi connectivity index (χ1n) is 10.8. The molecule has 3 N–H and O–H groups in total. The topological polar surface area (TPSA) is 74.8 Å². The molecule has 32 heavy (non-hydrogen) atoms. The van der Waals surface area contributed by atoms with E-state index in [0.29, 0.717) is 42.9 Å². The van der Waals surface area contributed by atoms with Gasteiger partial charge in [-0.3, -0.25) is 4.79 Å². The van der Waals surface area contributed by atoms with Crippen molar-refractivity contribution in [2.24, 2.45) is 10.9 Å². The fourth-order valence-corrected chi connectivity index (χ4v) is 3.13. The van der Waals surface area contributed by atoms with E-state index >= 15 is 0 Å². The van der Waals surface area contributed by atoms with E-state index in [1.807, 2.05) is 38.1 Å². The number of aliphatic imine (C=N–C) groups is 1. The number of guanidine groups is 1. The highest BCUT2D eigenvalue weighted by Gasteiger charge is 2.22. The van der Waals surface area contributed by atoms with E-state index in [4.69, 9.17) is 4.74 Å². The third-order valence-corrected chi connectivity index (χ3v) is 5.16. The van der Waals surface area contributed by atoms with E-state index in [-0.39, 0.29) is 41.7 Å². The second kappa shape index (κ2) is 12.6. The van der Waals surface area contributed by atoms with Crippen molar-refractivity contribution in [1.82, 2.24) is 16.0 Å². The summed E-state index contributed by atoms with van der Waals surface area (Å²) < 4.78 is 20.0. The van der Waals surface area contributed by atoms with Crippen LogP contribution in [0, 0.1) is 11.7 Å². The minimum Gasteiger partial charge on any atom is -0.490 e. The number of hydrogen-bond donors (Lipinski definition) is 3. The molecule has 1 saturated carbocycles. The van der Waals surface area contributed by atoms with Crippen LogP contribution in [-0.4, -0.2) is 32.1 Å². The van der Waals surface area contributed by atoms with Crippen LogP contribution >= 0.6 is 24.0 Å². The Bertz CT molecular complexity index is 934. The number of nitrogens with one attached hydrogen (secondary N) is 3. The Balaban J connectivity index is 0.00000363. The lowest BCUT2D eigenvalue weighted by Gasteiger charge is -2.19. The smallest absolute Gasteiger partial charge is 0.251 e. The molecule has 0 aliphatic heterocycles. The van der Waals surface area contributed by atoms with Crippen LogP contribution in [0.1, 0.15) is 54.2 Å². The lowest BCUT2D eigenvalue weighted by atomic mass is 10.1. The fourth-order valence-electron chi connectivity index (χ4n) is 3.13. The van der Waals surface area contributed by atoms with Crippen molar-refractivity contribution in [3.05, 3.63) is 65.0 Å². The summed E-state index contributed by atoms with van der Waals surface area (Å²) >= 11 is 0. The lowest BCUT2D eigenvalue weighted by molar-refractivity contribution is 0.0963. The molecule has 2 aromatic rings. The van der Waals surface area contributed by atoms with Crippen LogP contribution in [0.5, 0.6) is 5.75 Å². The third kappa shape index (κ3) is 7.65. The SMILES string of the molecule is CCNC(=NCc1cccc(C(=O)NC)c1)NC(C)c1ccc(OCC2CC2)c(F)c1.I. The van der Waals surface area contributed by atoms with Crippen molar-refractivity contribution in [1.29, 1.82) is 0 Å². The van der Waals surface area contributed by atoms with Gasteiger partial charge in [-0.15, -0.1) is 24.0 Å². The molecule has 0 bridgehead atoms. The predicted octanol–water partition coefficient (Wildman–Crippen LogP) is 4.41. The first-order chi connectivity index (χ1) is 15.0. The van der Waals surface area contributed by atoms with Gasteiger partial charge in [-0.1, -0.05) is 18.2 Å². The number of nitrogens with zero attached hydrogens (tertiary/aromatic N) is 1. The molecule has 6 nitrogen and oxygen atoms in total. The maximum Gasteiger partial charge on any atom is 0.251 e. The van der Waals surface area contributed by atoms with Gasteiger partial charge in [0.2, 0.25) is 0 Å². The van der Waals surface area contributed by atoms with E-state index in [9.17, 15) is 9.18 Å². The molecule has 174 valence electrons. The van der Waals surface area contributed by atoms with Gasteiger partial charge in [0.1, 0.15) is 0 Å². The third-order valence-electron chi connectivity index (χ3n) is 5.16. The Morgan fingerprint density at radius 3 is 2.69 bits per heavy atom. The van der Waals surface area contributed by atoms with Crippen LogP contribution in [0.4, 0.5) is 4.39 Å². The molecule has 0 heterocycles. The van der Waals surface area contributed by atoms with E-state index in [2.05, 4.69) is 20.9 Å².